The van der Waals surface area contributed by atoms with Gasteiger partial charge in [0.2, 0.25) is 0 Å². The van der Waals surface area contributed by atoms with Crippen LogP contribution in [0.3, 0.4) is 0 Å². The third-order valence-electron chi connectivity index (χ3n) is 4.47. The van der Waals surface area contributed by atoms with Crippen LogP contribution in [0.2, 0.25) is 0 Å². The Morgan fingerprint density at radius 2 is 2.17 bits per heavy atom. The molecule has 1 saturated carbocycles. The van der Waals surface area contributed by atoms with Gasteiger partial charge >= 0.3 is 0 Å². The molecule has 0 radical (unpaired) electrons. The molecular formula is C14H16N2OS. The van der Waals surface area contributed by atoms with Gasteiger partial charge in [-0.2, -0.15) is 0 Å². The third-order valence-corrected chi connectivity index (χ3v) is 4.69. The van der Waals surface area contributed by atoms with E-state index in [2.05, 4.69) is 28.8 Å². The first-order valence-electron chi connectivity index (χ1n) is 6.65. The van der Waals surface area contributed by atoms with E-state index in [9.17, 15) is 0 Å². The van der Waals surface area contributed by atoms with Crippen molar-refractivity contribution in [1.29, 1.82) is 0 Å². The van der Waals surface area contributed by atoms with Gasteiger partial charge in [-0.25, -0.2) is 0 Å². The lowest BCUT2D eigenvalue weighted by Crippen LogP contribution is -2.70. The van der Waals surface area contributed by atoms with Gasteiger partial charge in [0.15, 0.2) is 10.8 Å². The van der Waals surface area contributed by atoms with Crippen LogP contribution in [0.1, 0.15) is 37.3 Å². The molecule has 1 aromatic rings. The molecule has 18 heavy (non-hydrogen) atoms. The zero-order valence-electron chi connectivity index (χ0n) is 10.1. The molecule has 2 N–H and O–H groups in total. The summed E-state index contributed by atoms with van der Waals surface area (Å²) in [4.78, 5) is 0. The highest BCUT2D eigenvalue weighted by atomic mass is 32.1. The summed E-state index contributed by atoms with van der Waals surface area (Å²) < 4.78 is 6.33. The molecule has 3 nitrogen and oxygen atoms in total. The normalized spacial score (nSPS) is 36.6. The summed E-state index contributed by atoms with van der Waals surface area (Å²) in [7, 11) is 0. The van der Waals surface area contributed by atoms with Crippen molar-refractivity contribution in [3.8, 4) is 5.75 Å². The standard InChI is InChI=1S/C14H16N2OS/c18-13-15-12-9-5-1-2-7-11(9)17-14(16-13)8-4-3-6-10(12)14/h1-2,5,7,10,12H,3-4,6,8H2,(H2,15,16,18). The van der Waals surface area contributed by atoms with Crippen LogP contribution in [0.25, 0.3) is 0 Å². The number of hydrogen-bond donors (Lipinski definition) is 2. The van der Waals surface area contributed by atoms with Crippen molar-refractivity contribution in [3.05, 3.63) is 29.8 Å². The fourth-order valence-corrected chi connectivity index (χ4v) is 4.00. The first-order valence-corrected chi connectivity index (χ1v) is 7.06. The van der Waals surface area contributed by atoms with E-state index in [1.807, 2.05) is 6.07 Å². The highest BCUT2D eigenvalue weighted by Crippen LogP contribution is 2.50. The summed E-state index contributed by atoms with van der Waals surface area (Å²) in [6, 6.07) is 8.63. The van der Waals surface area contributed by atoms with Gasteiger partial charge in [0.25, 0.3) is 0 Å². The Morgan fingerprint density at radius 3 is 3.11 bits per heavy atom. The summed E-state index contributed by atoms with van der Waals surface area (Å²) in [5, 5.41) is 7.57. The maximum atomic E-state index is 6.33. The lowest BCUT2D eigenvalue weighted by Gasteiger charge is -2.55. The van der Waals surface area contributed by atoms with Crippen molar-refractivity contribution in [1.82, 2.24) is 10.6 Å². The molecule has 2 aliphatic heterocycles. The predicted octanol–water partition coefficient (Wildman–Crippen LogP) is 2.48. The highest BCUT2D eigenvalue weighted by molar-refractivity contribution is 7.80. The minimum atomic E-state index is -0.264. The maximum absolute atomic E-state index is 6.33. The van der Waals surface area contributed by atoms with E-state index in [1.54, 1.807) is 0 Å². The Bertz CT molecular complexity index is 518. The van der Waals surface area contributed by atoms with E-state index >= 15 is 0 Å². The lowest BCUT2D eigenvalue weighted by atomic mass is 9.71. The molecule has 1 aliphatic carbocycles. The van der Waals surface area contributed by atoms with Crippen molar-refractivity contribution >= 4 is 17.3 Å². The zero-order chi connectivity index (χ0) is 12.2. The van der Waals surface area contributed by atoms with E-state index in [0.29, 0.717) is 12.0 Å². The zero-order valence-corrected chi connectivity index (χ0v) is 10.9. The quantitative estimate of drug-likeness (QED) is 0.702. The number of thiocarbonyl (C=S) groups is 1. The maximum Gasteiger partial charge on any atom is 0.187 e. The van der Waals surface area contributed by atoms with E-state index in [4.69, 9.17) is 17.0 Å². The molecule has 94 valence electrons. The Labute approximate surface area is 112 Å². The van der Waals surface area contributed by atoms with Crippen LogP contribution in [0.15, 0.2) is 24.3 Å². The number of hydrogen-bond acceptors (Lipinski definition) is 2. The van der Waals surface area contributed by atoms with Gasteiger partial charge in [0.1, 0.15) is 5.75 Å². The largest absolute Gasteiger partial charge is 0.467 e. The van der Waals surface area contributed by atoms with Crippen LogP contribution in [0.4, 0.5) is 0 Å². The number of ether oxygens (including phenoxy) is 1. The number of rotatable bonds is 0. The van der Waals surface area contributed by atoms with Crippen molar-refractivity contribution in [3.63, 3.8) is 0 Å². The van der Waals surface area contributed by atoms with Crippen LogP contribution < -0.4 is 15.4 Å². The molecule has 2 fully saturated rings. The topological polar surface area (TPSA) is 33.3 Å². The Kier molecular flexibility index (Phi) is 2.13. The average Bonchev–Trinajstić information content (AvgIpc) is 2.37. The van der Waals surface area contributed by atoms with Gasteiger partial charge in [0, 0.05) is 17.9 Å². The molecule has 4 heteroatoms. The van der Waals surface area contributed by atoms with Crippen LogP contribution in [-0.4, -0.2) is 10.8 Å². The van der Waals surface area contributed by atoms with Crippen LogP contribution in [0.5, 0.6) is 5.75 Å². The van der Waals surface area contributed by atoms with Gasteiger partial charge in [-0.05, 0) is 31.1 Å². The molecular weight excluding hydrogens is 244 g/mol. The van der Waals surface area contributed by atoms with E-state index in [0.717, 1.165) is 17.3 Å². The second kappa shape index (κ2) is 3.60. The number of benzene rings is 1. The molecule has 2 heterocycles. The summed E-state index contributed by atoms with van der Waals surface area (Å²) >= 11 is 5.35. The Hall–Kier alpha value is -1.29. The van der Waals surface area contributed by atoms with E-state index in [1.165, 1.54) is 24.8 Å². The fraction of sp³-hybridized carbons (Fsp3) is 0.500. The van der Waals surface area contributed by atoms with Crippen molar-refractivity contribution in [2.45, 2.75) is 37.5 Å². The van der Waals surface area contributed by atoms with Gasteiger partial charge in [-0.15, -0.1) is 0 Å². The summed E-state index contributed by atoms with van der Waals surface area (Å²) in [6.45, 7) is 0. The minimum Gasteiger partial charge on any atom is -0.467 e. The second-order valence-electron chi connectivity index (χ2n) is 5.46. The third kappa shape index (κ3) is 1.32. The summed E-state index contributed by atoms with van der Waals surface area (Å²) in [5.74, 6) is 1.48. The monoisotopic (exact) mass is 260 g/mol. The Morgan fingerprint density at radius 1 is 1.28 bits per heavy atom. The molecule has 2 bridgehead atoms. The van der Waals surface area contributed by atoms with E-state index in [-0.39, 0.29) is 5.72 Å². The second-order valence-corrected chi connectivity index (χ2v) is 5.87. The average molecular weight is 260 g/mol. The van der Waals surface area contributed by atoms with Crippen molar-refractivity contribution < 1.29 is 4.74 Å². The molecule has 3 aliphatic rings. The Balaban J connectivity index is 1.88. The minimum absolute atomic E-state index is 0.264. The molecule has 3 unspecified atom stereocenters. The van der Waals surface area contributed by atoms with Crippen LogP contribution >= 0.6 is 12.2 Å². The first-order chi connectivity index (χ1) is 8.78. The van der Waals surface area contributed by atoms with Gasteiger partial charge < -0.3 is 15.4 Å². The molecule has 0 spiro atoms. The van der Waals surface area contributed by atoms with Crippen LogP contribution in [0, 0.1) is 5.92 Å². The van der Waals surface area contributed by atoms with Gasteiger partial charge in [0.05, 0.1) is 6.04 Å². The highest BCUT2D eigenvalue weighted by Gasteiger charge is 2.54. The first kappa shape index (κ1) is 10.6. The molecule has 3 atom stereocenters. The molecule has 4 rings (SSSR count). The van der Waals surface area contributed by atoms with E-state index < -0.39 is 0 Å². The molecule has 1 saturated heterocycles. The number of para-hydroxylation sites is 1. The van der Waals surface area contributed by atoms with Gasteiger partial charge in [-0.3, -0.25) is 0 Å². The number of fused-ring (bicyclic) bond motifs is 2. The molecule has 0 amide bonds. The molecule has 0 aromatic heterocycles. The summed E-state index contributed by atoms with van der Waals surface area (Å²) in [6.07, 6.45) is 4.73. The smallest absolute Gasteiger partial charge is 0.187 e. The van der Waals surface area contributed by atoms with Crippen molar-refractivity contribution in [2.75, 3.05) is 0 Å². The van der Waals surface area contributed by atoms with Gasteiger partial charge in [-0.1, -0.05) is 24.6 Å². The molecule has 1 aromatic carbocycles. The predicted molar refractivity (Wildman–Crippen MR) is 73.4 cm³/mol. The summed E-state index contributed by atoms with van der Waals surface area (Å²) in [5.41, 5.74) is 0.989. The van der Waals surface area contributed by atoms with Crippen molar-refractivity contribution in [2.24, 2.45) is 5.92 Å². The fourth-order valence-electron chi connectivity index (χ4n) is 3.70. The van der Waals surface area contributed by atoms with Crippen LogP contribution in [-0.2, 0) is 0 Å². The number of nitrogens with one attached hydrogen (secondary N) is 2. The SMILES string of the molecule is S=C1NC2c3ccccc3OC3(CCCCC23)N1. The lowest BCUT2D eigenvalue weighted by molar-refractivity contribution is -0.0769.